The number of carboxylic acids is 1. The van der Waals surface area contributed by atoms with Crippen LogP contribution in [-0.2, 0) is 0 Å². The van der Waals surface area contributed by atoms with E-state index in [1.807, 2.05) is 0 Å². The van der Waals surface area contributed by atoms with Crippen molar-refractivity contribution in [2.24, 2.45) is 0 Å². The van der Waals surface area contributed by atoms with Gasteiger partial charge in [0.15, 0.2) is 5.78 Å². The number of Topliss-reactive ketones (excluding diaryl/α,β-unsaturated/α-hetero) is 1. The van der Waals surface area contributed by atoms with E-state index in [-0.39, 0.29) is 11.3 Å². The Labute approximate surface area is 102 Å². The molecule has 2 radical (unpaired) electrons. The minimum atomic E-state index is -0.981. The molecule has 0 aromatic heterocycles. The second-order valence-electron chi connectivity index (χ2n) is 2.94. The van der Waals surface area contributed by atoms with Gasteiger partial charge in [-0.2, -0.15) is 0 Å². The van der Waals surface area contributed by atoms with Gasteiger partial charge in [0.1, 0.15) is 0 Å². The zero-order chi connectivity index (χ0) is 13.3. The Morgan fingerprint density at radius 2 is 1.53 bits per heavy atom. The van der Waals surface area contributed by atoms with Crippen molar-refractivity contribution in [2.75, 3.05) is 0 Å². The first-order chi connectivity index (χ1) is 8.02. The average Bonchev–Trinajstić information content (AvgIpc) is 2.31. The van der Waals surface area contributed by atoms with E-state index in [0.29, 0.717) is 5.56 Å². The fourth-order valence-electron chi connectivity index (χ4n) is 0.903. The van der Waals surface area contributed by atoms with Crippen LogP contribution in [0.25, 0.3) is 0 Å². The van der Waals surface area contributed by atoms with Crippen LogP contribution < -0.4 is 5.32 Å². The Balaban J connectivity index is 0.000000437. The van der Waals surface area contributed by atoms with Gasteiger partial charge in [-0.15, -0.1) is 0 Å². The van der Waals surface area contributed by atoms with Crippen molar-refractivity contribution in [2.45, 2.75) is 6.92 Å². The average molecular weight is 227 g/mol. The molecule has 0 heterocycles. The van der Waals surface area contributed by atoms with Crippen LogP contribution in [0.3, 0.4) is 0 Å². The first-order valence-electron chi connectivity index (χ1n) is 4.70. The van der Waals surface area contributed by atoms with E-state index in [0.717, 1.165) is 0 Å². The van der Waals surface area contributed by atoms with Gasteiger partial charge < -0.3 is 5.11 Å². The molecule has 4 nitrogen and oxygen atoms in total. The summed E-state index contributed by atoms with van der Waals surface area (Å²) >= 11 is 0. The number of ketones is 1. The van der Waals surface area contributed by atoms with Gasteiger partial charge in [-0.05, 0) is 19.1 Å². The van der Waals surface area contributed by atoms with Gasteiger partial charge >= 0.3 is 38.4 Å². The number of carboxylic acid groups (broad SMARTS) is 1. The molecule has 0 saturated heterocycles. The summed E-state index contributed by atoms with van der Waals surface area (Å²) < 4.78 is 0. The Morgan fingerprint density at radius 1 is 1.12 bits per heavy atom. The topological polar surface area (TPSA) is 66.4 Å². The van der Waals surface area contributed by atoms with E-state index in [1.165, 1.54) is 43.4 Å². The van der Waals surface area contributed by atoms with Gasteiger partial charge in [-0.1, -0.05) is 12.1 Å². The summed E-state index contributed by atoms with van der Waals surface area (Å²) in [7, 11) is 9.58. The van der Waals surface area contributed by atoms with Crippen molar-refractivity contribution >= 4 is 38.9 Å². The third kappa shape index (κ3) is 6.25. The fourth-order valence-corrected chi connectivity index (χ4v) is 0.903. The number of carbonyl (C=O) groups excluding carboxylic acids is 1. The molecule has 0 unspecified atom stereocenters. The van der Waals surface area contributed by atoms with E-state index in [4.69, 9.17) is 20.1 Å². The molecule has 0 saturated carbocycles. The molecular weight excluding hydrogens is 216 g/mol. The van der Waals surface area contributed by atoms with Crippen LogP contribution in [0.5, 0.6) is 0 Å². The van der Waals surface area contributed by atoms with Gasteiger partial charge in [-0.25, -0.2) is 4.79 Å². The maximum absolute atomic E-state index is 10.8. The van der Waals surface area contributed by atoms with Crippen LogP contribution in [0, 0.1) is 0 Å². The minimum absolute atomic E-state index is 0.0630. The summed E-state index contributed by atoms with van der Waals surface area (Å²) in [4.78, 5) is 21.2. The molecule has 6 heteroatoms. The third-order valence-electron chi connectivity index (χ3n) is 1.73. The van der Waals surface area contributed by atoms with Crippen LogP contribution in [0.4, 0.5) is 0 Å². The summed E-state index contributed by atoms with van der Waals surface area (Å²) in [6.45, 7) is 1.44. The number of aromatic carboxylic acids is 1. The number of nitrogens with one attached hydrogen (secondary N) is 1. The number of hydrogen-bond donors (Lipinski definition) is 2. The molecule has 0 fully saturated rings. The van der Waals surface area contributed by atoms with Crippen molar-refractivity contribution < 1.29 is 14.7 Å². The molecule has 0 amide bonds. The Morgan fingerprint density at radius 3 is 1.76 bits per heavy atom. The van der Waals surface area contributed by atoms with Crippen molar-refractivity contribution in [3.05, 3.63) is 35.4 Å². The van der Waals surface area contributed by atoms with Crippen LogP contribution in [0.15, 0.2) is 24.3 Å². The van der Waals surface area contributed by atoms with Crippen LogP contribution >= 0.6 is 0 Å². The molecule has 84 valence electrons. The van der Waals surface area contributed by atoms with Crippen molar-refractivity contribution in [1.29, 1.82) is 0 Å². The van der Waals surface area contributed by atoms with E-state index in [1.54, 1.807) is 0 Å². The second kappa shape index (κ2) is 8.21. The monoisotopic (exact) mass is 227 g/mol. The van der Waals surface area contributed by atoms with Crippen molar-refractivity contribution in [1.82, 2.24) is 5.32 Å². The SMILES string of the molecule is CC(=O)c1ccc(C(=O)O)cc1.[B]=CNC=[B]. The van der Waals surface area contributed by atoms with Gasteiger partial charge in [0.05, 0.1) is 5.56 Å². The molecule has 0 aliphatic rings. The van der Waals surface area contributed by atoms with Gasteiger partial charge in [-0.3, -0.25) is 4.79 Å². The summed E-state index contributed by atoms with van der Waals surface area (Å²) in [6, 6.07) is 5.84. The molecule has 2 N–H and O–H groups in total. The molecule has 1 rings (SSSR count). The van der Waals surface area contributed by atoms with Crippen molar-refractivity contribution in [3.63, 3.8) is 0 Å². The molecule has 17 heavy (non-hydrogen) atoms. The second-order valence-corrected chi connectivity index (χ2v) is 2.94. The molecule has 1 aromatic rings. The van der Waals surface area contributed by atoms with E-state index in [9.17, 15) is 9.59 Å². The molecule has 0 bridgehead atoms. The summed E-state index contributed by atoms with van der Waals surface area (Å²) in [5.41, 5.74) is 0.722. The summed E-state index contributed by atoms with van der Waals surface area (Å²) in [6.07, 6.45) is 2.50. The number of benzene rings is 1. The molecular formula is C11H11B2NO3. The van der Waals surface area contributed by atoms with Crippen LogP contribution in [0.2, 0.25) is 0 Å². The third-order valence-corrected chi connectivity index (χ3v) is 1.73. The van der Waals surface area contributed by atoms with Crippen LogP contribution in [0.1, 0.15) is 27.6 Å². The predicted octanol–water partition coefficient (Wildman–Crippen LogP) is 0.0198. The fraction of sp³-hybridized carbons (Fsp3) is 0.0909. The zero-order valence-electron chi connectivity index (χ0n) is 9.38. The Hall–Kier alpha value is -1.97. The molecule has 0 aliphatic carbocycles. The van der Waals surface area contributed by atoms with Crippen LogP contribution in [-0.4, -0.2) is 44.0 Å². The van der Waals surface area contributed by atoms with Crippen molar-refractivity contribution in [3.8, 4) is 0 Å². The Bertz CT molecular complexity index is 376. The van der Waals surface area contributed by atoms with E-state index in [2.05, 4.69) is 5.32 Å². The van der Waals surface area contributed by atoms with Gasteiger partial charge in [0.2, 0.25) is 0 Å². The Kier molecular flexibility index (Phi) is 7.26. The van der Waals surface area contributed by atoms with Gasteiger partial charge in [0, 0.05) is 5.56 Å². The first-order valence-corrected chi connectivity index (χ1v) is 4.70. The summed E-state index contributed by atoms with van der Waals surface area (Å²) in [5, 5.41) is 10.9. The van der Waals surface area contributed by atoms with E-state index >= 15 is 0 Å². The molecule has 0 spiro atoms. The predicted molar refractivity (Wildman–Crippen MR) is 70.2 cm³/mol. The molecule has 0 aliphatic heterocycles. The normalized spacial score (nSPS) is 8.18. The maximum atomic E-state index is 10.8. The number of hydrogen-bond acceptors (Lipinski definition) is 3. The van der Waals surface area contributed by atoms with E-state index < -0.39 is 5.97 Å². The number of rotatable bonds is 4. The quantitative estimate of drug-likeness (QED) is 0.561. The van der Waals surface area contributed by atoms with Gasteiger partial charge in [0.25, 0.3) is 0 Å². The number of carbonyl (C=O) groups is 2. The molecule has 1 aromatic carbocycles. The molecule has 0 atom stereocenters. The standard InChI is InChI=1S/C9H8O3.C2H3B2N/c1-6(10)7-2-4-8(5-3-7)9(11)12;3-1-5-2-4/h2-5H,1H3,(H,11,12);1-2,5H. The zero-order valence-corrected chi connectivity index (χ0v) is 9.38. The first kappa shape index (κ1) is 15.0. The summed E-state index contributed by atoms with van der Waals surface area (Å²) in [5.74, 6) is -1.04.